The molecule has 3 aromatic rings. The maximum absolute atomic E-state index is 13.6. The van der Waals surface area contributed by atoms with Gasteiger partial charge in [0.25, 0.3) is 11.8 Å². The van der Waals surface area contributed by atoms with Crippen LogP contribution in [0.1, 0.15) is 36.2 Å². The van der Waals surface area contributed by atoms with E-state index in [2.05, 4.69) is 10.3 Å². The van der Waals surface area contributed by atoms with E-state index in [4.69, 9.17) is 5.26 Å². The zero-order valence-corrected chi connectivity index (χ0v) is 19.3. The van der Waals surface area contributed by atoms with Crippen molar-refractivity contribution in [3.8, 4) is 17.2 Å². The Morgan fingerprint density at radius 2 is 1.89 bits per heavy atom. The minimum atomic E-state index is -3.12. The first-order valence-corrected chi connectivity index (χ1v) is 11.1. The van der Waals surface area contributed by atoms with Crippen LogP contribution in [-0.2, 0) is 10.4 Å². The van der Waals surface area contributed by atoms with Crippen LogP contribution in [0.2, 0.25) is 0 Å². The van der Waals surface area contributed by atoms with Crippen molar-refractivity contribution in [3.05, 3.63) is 65.9 Å². The third-order valence-electron chi connectivity index (χ3n) is 6.05. The summed E-state index contributed by atoms with van der Waals surface area (Å²) in [6.07, 6.45) is 0.765. The molecular formula is C26H24F2N4O3. The van der Waals surface area contributed by atoms with Gasteiger partial charge in [0.05, 0.1) is 35.8 Å². The van der Waals surface area contributed by atoms with Gasteiger partial charge in [0.15, 0.2) is 0 Å². The summed E-state index contributed by atoms with van der Waals surface area (Å²) in [6.45, 7) is 2.06. The van der Waals surface area contributed by atoms with Gasteiger partial charge in [-0.2, -0.15) is 5.26 Å². The van der Waals surface area contributed by atoms with Crippen molar-refractivity contribution in [2.75, 3.05) is 13.1 Å². The van der Waals surface area contributed by atoms with Gasteiger partial charge in [-0.3, -0.25) is 14.6 Å². The minimum absolute atomic E-state index is 0.279. The second-order valence-corrected chi connectivity index (χ2v) is 9.14. The van der Waals surface area contributed by atoms with Gasteiger partial charge in [-0.1, -0.05) is 30.3 Å². The molecule has 1 saturated heterocycles. The first kappa shape index (κ1) is 24.2. The number of amides is 2. The molecule has 1 atom stereocenters. The molecule has 1 aliphatic heterocycles. The summed E-state index contributed by atoms with van der Waals surface area (Å²) < 4.78 is 27.3. The second-order valence-electron chi connectivity index (χ2n) is 9.14. The zero-order chi connectivity index (χ0) is 25.4. The van der Waals surface area contributed by atoms with Crippen LogP contribution >= 0.6 is 0 Å². The van der Waals surface area contributed by atoms with E-state index in [1.165, 1.54) is 12.3 Å². The molecule has 1 aliphatic rings. The van der Waals surface area contributed by atoms with Crippen molar-refractivity contribution < 1.29 is 23.5 Å². The molecule has 2 heterocycles. The van der Waals surface area contributed by atoms with Crippen molar-refractivity contribution in [2.24, 2.45) is 0 Å². The standard InChI is InChI=1S/C26H24F2N4O3/c1-25(2,35)18-6-3-16(4-7-18)17-5-8-22-21(11-17)20(9-10-30-22)24(34)31-14-23(33)32-15-26(27,28)12-19(32)13-29/h3-11,19,35H,12,14-15H2,1-2H3,(H,31,34)/t19-/m0/s1. The number of aliphatic hydroxyl groups is 1. The fourth-order valence-electron chi connectivity index (χ4n) is 4.14. The number of alkyl halides is 2. The number of nitrogens with zero attached hydrogens (tertiary/aromatic N) is 3. The number of fused-ring (bicyclic) bond motifs is 1. The molecule has 0 unspecified atom stereocenters. The van der Waals surface area contributed by atoms with Crippen LogP contribution < -0.4 is 5.32 Å². The fourth-order valence-corrected chi connectivity index (χ4v) is 4.14. The highest BCUT2D eigenvalue weighted by Gasteiger charge is 2.47. The summed E-state index contributed by atoms with van der Waals surface area (Å²) in [5, 5.41) is 22.3. The Morgan fingerprint density at radius 3 is 2.54 bits per heavy atom. The van der Waals surface area contributed by atoms with Gasteiger partial charge in [-0.05, 0) is 48.7 Å². The molecule has 7 nitrogen and oxygen atoms in total. The van der Waals surface area contributed by atoms with E-state index in [0.29, 0.717) is 10.9 Å². The Balaban J connectivity index is 1.55. The van der Waals surface area contributed by atoms with Gasteiger partial charge in [0, 0.05) is 18.0 Å². The first-order valence-electron chi connectivity index (χ1n) is 11.1. The molecule has 2 amide bonds. The smallest absolute Gasteiger partial charge is 0.268 e. The van der Waals surface area contributed by atoms with Crippen molar-refractivity contribution >= 4 is 22.7 Å². The van der Waals surface area contributed by atoms with Crippen molar-refractivity contribution in [1.82, 2.24) is 15.2 Å². The molecule has 180 valence electrons. The first-order chi connectivity index (χ1) is 16.5. The van der Waals surface area contributed by atoms with E-state index in [9.17, 15) is 23.5 Å². The summed E-state index contributed by atoms with van der Waals surface area (Å²) in [7, 11) is 0. The van der Waals surface area contributed by atoms with E-state index in [0.717, 1.165) is 21.6 Å². The van der Waals surface area contributed by atoms with Crippen molar-refractivity contribution in [1.29, 1.82) is 5.26 Å². The van der Waals surface area contributed by atoms with Gasteiger partial charge in [0.2, 0.25) is 5.91 Å². The lowest BCUT2D eigenvalue weighted by molar-refractivity contribution is -0.131. The largest absolute Gasteiger partial charge is 0.386 e. The number of benzene rings is 2. The second kappa shape index (κ2) is 9.04. The van der Waals surface area contributed by atoms with Gasteiger partial charge in [-0.15, -0.1) is 0 Å². The Morgan fingerprint density at radius 1 is 1.20 bits per heavy atom. The Kier molecular flexibility index (Phi) is 6.26. The number of aromatic nitrogens is 1. The molecule has 4 rings (SSSR count). The lowest BCUT2D eigenvalue weighted by Gasteiger charge is -2.19. The maximum Gasteiger partial charge on any atom is 0.268 e. The van der Waals surface area contributed by atoms with Crippen LogP contribution in [0.15, 0.2) is 54.7 Å². The molecule has 0 aliphatic carbocycles. The molecule has 1 fully saturated rings. The predicted octanol–water partition coefficient (Wildman–Crippen LogP) is 3.62. The molecule has 0 spiro atoms. The van der Waals surface area contributed by atoms with Crippen molar-refractivity contribution in [2.45, 2.75) is 37.8 Å². The highest BCUT2D eigenvalue weighted by molar-refractivity contribution is 6.07. The summed E-state index contributed by atoms with van der Waals surface area (Å²) in [6, 6.07) is 14.9. The molecule has 9 heteroatoms. The normalized spacial score (nSPS) is 17.3. The Bertz CT molecular complexity index is 1330. The highest BCUT2D eigenvalue weighted by atomic mass is 19.3. The molecule has 0 saturated carbocycles. The van der Waals surface area contributed by atoms with E-state index < -0.39 is 48.9 Å². The quantitative estimate of drug-likeness (QED) is 0.583. The number of hydrogen-bond donors (Lipinski definition) is 2. The van der Waals surface area contributed by atoms with Crippen LogP contribution in [-0.4, -0.2) is 51.9 Å². The van der Waals surface area contributed by atoms with Crippen LogP contribution in [0.25, 0.3) is 22.0 Å². The Labute approximate surface area is 201 Å². The van der Waals surface area contributed by atoms with Gasteiger partial charge in [0.1, 0.15) is 6.04 Å². The Hall–Kier alpha value is -3.90. The van der Waals surface area contributed by atoms with E-state index in [-0.39, 0.29) is 5.56 Å². The fraction of sp³-hybridized carbons (Fsp3) is 0.308. The highest BCUT2D eigenvalue weighted by Crippen LogP contribution is 2.32. The van der Waals surface area contributed by atoms with Crippen LogP contribution in [0.4, 0.5) is 8.78 Å². The van der Waals surface area contributed by atoms with E-state index in [1.54, 1.807) is 26.0 Å². The van der Waals surface area contributed by atoms with Crippen molar-refractivity contribution in [3.63, 3.8) is 0 Å². The molecule has 2 N–H and O–H groups in total. The maximum atomic E-state index is 13.6. The van der Waals surface area contributed by atoms with Crippen LogP contribution in [0.3, 0.4) is 0 Å². The number of rotatable bonds is 5. The topological polar surface area (TPSA) is 106 Å². The summed E-state index contributed by atoms with van der Waals surface area (Å²) in [5.41, 5.74) is 2.36. The number of nitriles is 1. The molecule has 0 radical (unpaired) electrons. The number of hydrogen-bond acceptors (Lipinski definition) is 5. The number of pyridine rings is 1. The molecule has 0 bridgehead atoms. The van der Waals surface area contributed by atoms with Crippen LogP contribution in [0, 0.1) is 11.3 Å². The average molecular weight is 478 g/mol. The van der Waals surface area contributed by atoms with E-state index >= 15 is 0 Å². The number of nitrogens with one attached hydrogen (secondary N) is 1. The average Bonchev–Trinajstić information content (AvgIpc) is 3.15. The number of carbonyl (C=O) groups is 2. The number of likely N-dealkylation sites (tertiary alicyclic amines) is 1. The lowest BCUT2D eigenvalue weighted by atomic mass is 9.95. The van der Waals surface area contributed by atoms with Gasteiger partial charge >= 0.3 is 0 Å². The lowest BCUT2D eigenvalue weighted by Crippen LogP contribution is -2.43. The van der Waals surface area contributed by atoms with Crippen LogP contribution in [0.5, 0.6) is 0 Å². The number of carbonyl (C=O) groups excluding carboxylic acids is 2. The monoisotopic (exact) mass is 478 g/mol. The van der Waals surface area contributed by atoms with Gasteiger partial charge in [-0.25, -0.2) is 8.78 Å². The molecule has 35 heavy (non-hydrogen) atoms. The SMILES string of the molecule is CC(C)(O)c1ccc(-c2ccc3nccc(C(=O)NCC(=O)N4CC(F)(F)C[C@H]4C#N)c3c2)cc1. The number of halogens is 2. The molecular weight excluding hydrogens is 454 g/mol. The molecule has 1 aromatic heterocycles. The summed E-state index contributed by atoms with van der Waals surface area (Å²) >= 11 is 0. The minimum Gasteiger partial charge on any atom is -0.386 e. The van der Waals surface area contributed by atoms with E-state index in [1.807, 2.05) is 36.4 Å². The summed E-state index contributed by atoms with van der Waals surface area (Å²) in [4.78, 5) is 30.4. The zero-order valence-electron chi connectivity index (χ0n) is 19.3. The third kappa shape index (κ3) is 5.12. The van der Waals surface area contributed by atoms with Gasteiger partial charge < -0.3 is 15.3 Å². The summed E-state index contributed by atoms with van der Waals surface area (Å²) in [5.74, 6) is -4.42. The third-order valence-corrected chi connectivity index (χ3v) is 6.05. The predicted molar refractivity (Wildman–Crippen MR) is 125 cm³/mol. The molecule has 2 aromatic carbocycles.